The van der Waals surface area contributed by atoms with Crippen molar-refractivity contribution in [3.8, 4) is 5.75 Å². The minimum Gasteiger partial charge on any atom is -0.484 e. The standard InChI is InChI=1S/C22H23N3O2/c26-22(15-27-19-10-9-16-7-4-8-18(16)13-19)25-20(14-21-23-11-12-24-21)17-5-2-1-3-6-17/h1-3,5-6,9-13,20H,4,7-8,14-15H2,(H,23,24)(H,25,26). The fourth-order valence-corrected chi connectivity index (χ4v) is 3.56. The number of aromatic nitrogens is 2. The van der Waals surface area contributed by atoms with E-state index in [1.165, 1.54) is 17.5 Å². The molecule has 5 nitrogen and oxygen atoms in total. The van der Waals surface area contributed by atoms with Gasteiger partial charge in [0.1, 0.15) is 11.6 Å². The summed E-state index contributed by atoms with van der Waals surface area (Å²) in [6.07, 6.45) is 7.54. The van der Waals surface area contributed by atoms with Crippen molar-refractivity contribution >= 4 is 5.91 Å². The Bertz CT molecular complexity index is 891. The molecule has 5 heteroatoms. The molecule has 1 aliphatic rings. The number of benzene rings is 2. The second kappa shape index (κ2) is 8.08. The summed E-state index contributed by atoms with van der Waals surface area (Å²) in [6, 6.07) is 15.9. The van der Waals surface area contributed by atoms with Crippen LogP contribution in [0.1, 0.15) is 35.0 Å². The van der Waals surface area contributed by atoms with E-state index in [0.717, 1.165) is 30.0 Å². The van der Waals surface area contributed by atoms with Crippen LogP contribution in [-0.2, 0) is 24.1 Å². The van der Waals surface area contributed by atoms with E-state index in [1.807, 2.05) is 36.4 Å². The number of hydrogen-bond donors (Lipinski definition) is 2. The normalized spacial score (nSPS) is 13.8. The molecule has 0 saturated heterocycles. The van der Waals surface area contributed by atoms with Crippen LogP contribution in [0.5, 0.6) is 5.75 Å². The number of carbonyl (C=O) groups is 1. The second-order valence-electron chi connectivity index (χ2n) is 6.84. The Morgan fingerprint density at radius 3 is 2.81 bits per heavy atom. The molecule has 0 radical (unpaired) electrons. The highest BCUT2D eigenvalue weighted by molar-refractivity contribution is 5.78. The van der Waals surface area contributed by atoms with Crippen molar-refractivity contribution in [1.29, 1.82) is 0 Å². The van der Waals surface area contributed by atoms with Gasteiger partial charge in [-0.25, -0.2) is 4.98 Å². The molecule has 3 aromatic rings. The van der Waals surface area contributed by atoms with Crippen molar-refractivity contribution in [2.24, 2.45) is 0 Å². The molecule has 0 saturated carbocycles. The smallest absolute Gasteiger partial charge is 0.258 e. The highest BCUT2D eigenvalue weighted by Gasteiger charge is 2.17. The van der Waals surface area contributed by atoms with E-state index >= 15 is 0 Å². The van der Waals surface area contributed by atoms with Crippen LogP contribution in [0.3, 0.4) is 0 Å². The number of imidazole rings is 1. The van der Waals surface area contributed by atoms with Crippen molar-refractivity contribution in [3.63, 3.8) is 0 Å². The third-order valence-electron chi connectivity index (χ3n) is 4.93. The molecule has 1 heterocycles. The lowest BCUT2D eigenvalue weighted by atomic mass is 10.0. The zero-order valence-corrected chi connectivity index (χ0v) is 15.2. The maximum atomic E-state index is 12.5. The number of aryl methyl sites for hydroxylation is 2. The number of amides is 1. The summed E-state index contributed by atoms with van der Waals surface area (Å²) >= 11 is 0. The van der Waals surface area contributed by atoms with Crippen molar-refractivity contribution in [2.45, 2.75) is 31.7 Å². The van der Waals surface area contributed by atoms with E-state index in [0.29, 0.717) is 6.42 Å². The zero-order valence-electron chi connectivity index (χ0n) is 15.2. The molecule has 0 aliphatic heterocycles. The van der Waals surface area contributed by atoms with Crippen LogP contribution in [0.25, 0.3) is 0 Å². The number of fused-ring (bicyclic) bond motifs is 1. The fraction of sp³-hybridized carbons (Fsp3) is 0.273. The Hall–Kier alpha value is -3.08. The fourth-order valence-electron chi connectivity index (χ4n) is 3.56. The highest BCUT2D eigenvalue weighted by atomic mass is 16.5. The van der Waals surface area contributed by atoms with Gasteiger partial charge < -0.3 is 15.0 Å². The average molecular weight is 361 g/mol. The van der Waals surface area contributed by atoms with Gasteiger partial charge in [0, 0.05) is 18.8 Å². The Morgan fingerprint density at radius 2 is 2.00 bits per heavy atom. The molecule has 2 aromatic carbocycles. The van der Waals surface area contributed by atoms with Gasteiger partial charge in [0.2, 0.25) is 0 Å². The molecular formula is C22H23N3O2. The predicted octanol–water partition coefficient (Wildman–Crippen LogP) is 3.38. The van der Waals surface area contributed by atoms with Gasteiger partial charge >= 0.3 is 0 Å². The third kappa shape index (κ3) is 4.37. The monoisotopic (exact) mass is 361 g/mol. The molecule has 4 rings (SSSR count). The van der Waals surface area contributed by atoms with Crippen LogP contribution < -0.4 is 10.1 Å². The number of hydrogen-bond acceptors (Lipinski definition) is 3. The predicted molar refractivity (Wildman–Crippen MR) is 104 cm³/mol. The Balaban J connectivity index is 1.39. The average Bonchev–Trinajstić information content (AvgIpc) is 3.38. The van der Waals surface area contributed by atoms with Gasteiger partial charge in [0.05, 0.1) is 6.04 Å². The maximum absolute atomic E-state index is 12.5. The van der Waals surface area contributed by atoms with E-state index in [9.17, 15) is 4.79 Å². The van der Waals surface area contributed by atoms with Crippen LogP contribution in [0.2, 0.25) is 0 Å². The van der Waals surface area contributed by atoms with Crippen LogP contribution in [0.4, 0.5) is 0 Å². The van der Waals surface area contributed by atoms with E-state index in [1.54, 1.807) is 12.4 Å². The molecule has 1 unspecified atom stereocenters. The largest absolute Gasteiger partial charge is 0.484 e. The summed E-state index contributed by atoms with van der Waals surface area (Å²) in [6.45, 7) is 0.000273. The van der Waals surface area contributed by atoms with Crippen molar-refractivity contribution < 1.29 is 9.53 Å². The number of carbonyl (C=O) groups excluding carboxylic acids is 1. The van der Waals surface area contributed by atoms with Gasteiger partial charge in [-0.2, -0.15) is 0 Å². The summed E-state index contributed by atoms with van der Waals surface area (Å²) in [5.74, 6) is 1.45. The van der Waals surface area contributed by atoms with Gasteiger partial charge in [-0.3, -0.25) is 4.79 Å². The lowest BCUT2D eigenvalue weighted by Gasteiger charge is -2.18. The van der Waals surface area contributed by atoms with Crippen LogP contribution >= 0.6 is 0 Å². The lowest BCUT2D eigenvalue weighted by Crippen LogP contribution is -2.34. The maximum Gasteiger partial charge on any atom is 0.258 e. The first-order valence-electron chi connectivity index (χ1n) is 9.35. The molecule has 2 N–H and O–H groups in total. The molecule has 0 bridgehead atoms. The number of nitrogens with one attached hydrogen (secondary N) is 2. The Kier molecular flexibility index (Phi) is 5.19. The van der Waals surface area contributed by atoms with E-state index in [2.05, 4.69) is 27.4 Å². The lowest BCUT2D eigenvalue weighted by molar-refractivity contribution is -0.123. The zero-order chi connectivity index (χ0) is 18.5. The molecule has 1 aliphatic carbocycles. The molecule has 1 aromatic heterocycles. The number of aromatic amines is 1. The van der Waals surface area contributed by atoms with Crippen LogP contribution in [-0.4, -0.2) is 22.5 Å². The van der Waals surface area contributed by atoms with Crippen LogP contribution in [0, 0.1) is 0 Å². The third-order valence-corrected chi connectivity index (χ3v) is 4.93. The summed E-state index contributed by atoms with van der Waals surface area (Å²) in [5.41, 5.74) is 3.78. The minimum atomic E-state index is -0.159. The van der Waals surface area contributed by atoms with Crippen molar-refractivity contribution in [1.82, 2.24) is 15.3 Å². The Morgan fingerprint density at radius 1 is 1.15 bits per heavy atom. The summed E-state index contributed by atoms with van der Waals surface area (Å²) in [5, 5.41) is 3.07. The molecule has 138 valence electrons. The minimum absolute atomic E-state index is 0.000273. The number of H-pyrrole nitrogens is 1. The molecular weight excluding hydrogens is 338 g/mol. The number of nitrogens with zero attached hydrogens (tertiary/aromatic N) is 1. The second-order valence-corrected chi connectivity index (χ2v) is 6.84. The number of rotatable bonds is 7. The molecule has 1 atom stereocenters. The summed E-state index contributed by atoms with van der Waals surface area (Å²) < 4.78 is 5.73. The molecule has 27 heavy (non-hydrogen) atoms. The molecule has 1 amide bonds. The van der Waals surface area contributed by atoms with E-state index in [4.69, 9.17) is 4.74 Å². The SMILES string of the molecule is O=C(COc1ccc2c(c1)CCC2)NC(Cc1ncc[nH]1)c1ccccc1. The Labute approximate surface area is 158 Å². The van der Waals surface area contributed by atoms with Gasteiger partial charge in [-0.15, -0.1) is 0 Å². The summed E-state index contributed by atoms with van der Waals surface area (Å²) in [7, 11) is 0. The first-order chi connectivity index (χ1) is 13.3. The number of ether oxygens (including phenoxy) is 1. The van der Waals surface area contributed by atoms with Crippen LogP contribution in [0.15, 0.2) is 60.9 Å². The topological polar surface area (TPSA) is 67.0 Å². The van der Waals surface area contributed by atoms with E-state index in [-0.39, 0.29) is 18.6 Å². The quantitative estimate of drug-likeness (QED) is 0.678. The molecule has 0 fully saturated rings. The first kappa shape index (κ1) is 17.3. The van der Waals surface area contributed by atoms with Gasteiger partial charge in [0.15, 0.2) is 6.61 Å². The summed E-state index contributed by atoms with van der Waals surface area (Å²) in [4.78, 5) is 19.9. The highest BCUT2D eigenvalue weighted by Crippen LogP contribution is 2.26. The van der Waals surface area contributed by atoms with Crippen molar-refractivity contribution in [2.75, 3.05) is 6.61 Å². The van der Waals surface area contributed by atoms with E-state index < -0.39 is 0 Å². The van der Waals surface area contributed by atoms with Gasteiger partial charge in [-0.1, -0.05) is 36.4 Å². The molecule has 0 spiro atoms. The van der Waals surface area contributed by atoms with Gasteiger partial charge in [-0.05, 0) is 48.1 Å². The van der Waals surface area contributed by atoms with Gasteiger partial charge in [0.25, 0.3) is 5.91 Å². The first-order valence-corrected chi connectivity index (χ1v) is 9.35. The van der Waals surface area contributed by atoms with Crippen molar-refractivity contribution in [3.05, 3.63) is 83.4 Å².